The van der Waals surface area contributed by atoms with Crippen LogP contribution in [0.2, 0.25) is 0 Å². The second-order valence-electron chi connectivity index (χ2n) is 4.05. The largest absolute Gasteiger partial charge is 0.480 e. The number of hydrogen-bond acceptors (Lipinski definition) is 7. The molecule has 0 amide bonds. The molecule has 0 saturated heterocycles. The lowest BCUT2D eigenvalue weighted by Gasteiger charge is -2.13. The molecule has 0 aliphatic heterocycles. The van der Waals surface area contributed by atoms with Gasteiger partial charge in [0.05, 0.1) is 7.11 Å². The molecule has 9 nitrogen and oxygen atoms in total. The summed E-state index contributed by atoms with van der Waals surface area (Å²) in [6, 6.07) is -1.49. The molecule has 0 aliphatic carbocycles. The number of aliphatic carboxylic acids is 1. The Bertz CT molecular complexity index is 689. The van der Waals surface area contributed by atoms with Gasteiger partial charge in [0.1, 0.15) is 6.04 Å². The average Bonchev–Trinajstić information content (AvgIpc) is 2.73. The zero-order valence-corrected chi connectivity index (χ0v) is 12.8. The molecule has 0 unspecified atom stereocenters. The summed E-state index contributed by atoms with van der Waals surface area (Å²) in [4.78, 5) is 34.9. The molecule has 0 fully saturated rings. The van der Waals surface area contributed by atoms with Crippen molar-refractivity contribution in [3.63, 3.8) is 0 Å². The van der Waals surface area contributed by atoms with Gasteiger partial charge in [0.15, 0.2) is 4.21 Å². The van der Waals surface area contributed by atoms with Gasteiger partial charge in [-0.2, -0.15) is 4.72 Å². The highest BCUT2D eigenvalue weighted by Crippen LogP contribution is 2.16. The molecule has 0 saturated carbocycles. The van der Waals surface area contributed by atoms with Crippen LogP contribution in [0.4, 0.5) is 0 Å². The fourth-order valence-corrected chi connectivity index (χ4v) is 4.03. The van der Waals surface area contributed by atoms with Crippen molar-refractivity contribution < 1.29 is 27.9 Å². The van der Waals surface area contributed by atoms with E-state index in [9.17, 15) is 22.8 Å². The Morgan fingerprint density at radius 3 is 2.52 bits per heavy atom. The van der Waals surface area contributed by atoms with E-state index in [0.717, 1.165) is 7.11 Å². The molecule has 0 aromatic carbocycles. The molecule has 21 heavy (non-hydrogen) atoms. The van der Waals surface area contributed by atoms with Crippen molar-refractivity contribution in [2.24, 2.45) is 0 Å². The number of hydrogen-bond donors (Lipinski definition) is 3. The predicted molar refractivity (Wildman–Crippen MR) is 72.7 cm³/mol. The van der Waals surface area contributed by atoms with Crippen LogP contribution in [-0.4, -0.2) is 43.6 Å². The highest BCUT2D eigenvalue weighted by atomic mass is 32.2. The first-order chi connectivity index (χ1) is 9.67. The molecule has 0 spiro atoms. The van der Waals surface area contributed by atoms with E-state index in [1.54, 1.807) is 0 Å². The summed E-state index contributed by atoms with van der Waals surface area (Å²) in [5, 5.41) is 9.00. The number of carbonyl (C=O) groups excluding carboxylic acids is 1. The number of ether oxygens (including phenoxy) is 1. The number of carbonyl (C=O) groups is 2. The van der Waals surface area contributed by atoms with Crippen molar-refractivity contribution in [3.05, 3.63) is 15.4 Å². The lowest BCUT2D eigenvalue weighted by atomic mass is 10.2. The first-order valence-electron chi connectivity index (χ1n) is 5.69. The number of H-pyrrole nitrogens is 1. The van der Waals surface area contributed by atoms with Gasteiger partial charge in [-0.15, -0.1) is 0 Å². The SMILES string of the molecule is COC(=O)CC[C@H](NS(=O)(=O)c1sc(=O)[nH]c1C)C(=O)O. The van der Waals surface area contributed by atoms with Crippen LogP contribution in [0.15, 0.2) is 9.00 Å². The molecule has 1 heterocycles. The van der Waals surface area contributed by atoms with Crippen molar-refractivity contribution in [3.8, 4) is 0 Å². The molecule has 1 rings (SSSR count). The maximum Gasteiger partial charge on any atom is 0.321 e. The number of aromatic amines is 1. The zero-order chi connectivity index (χ0) is 16.2. The molecule has 0 bridgehead atoms. The minimum atomic E-state index is -4.16. The van der Waals surface area contributed by atoms with Gasteiger partial charge in [-0.05, 0) is 13.3 Å². The van der Waals surface area contributed by atoms with Gasteiger partial charge in [0.25, 0.3) is 10.0 Å². The predicted octanol–water partition coefficient (Wildman–Crippen LogP) is -0.570. The van der Waals surface area contributed by atoms with E-state index in [2.05, 4.69) is 9.72 Å². The summed E-state index contributed by atoms with van der Waals surface area (Å²) in [5.41, 5.74) is 0.120. The zero-order valence-electron chi connectivity index (χ0n) is 11.2. The molecule has 1 atom stereocenters. The molecule has 1 aromatic rings. The van der Waals surface area contributed by atoms with Crippen LogP contribution in [0.25, 0.3) is 0 Å². The van der Waals surface area contributed by atoms with Crippen LogP contribution >= 0.6 is 11.3 Å². The molecule has 1 aromatic heterocycles. The summed E-state index contributed by atoms with van der Waals surface area (Å²) in [5.74, 6) is -2.08. The second kappa shape index (κ2) is 6.83. The summed E-state index contributed by atoms with van der Waals surface area (Å²) >= 11 is 0.458. The number of sulfonamides is 1. The summed E-state index contributed by atoms with van der Waals surface area (Å²) in [7, 11) is -3.02. The first-order valence-corrected chi connectivity index (χ1v) is 7.99. The quantitative estimate of drug-likeness (QED) is 0.565. The Balaban J connectivity index is 2.92. The Morgan fingerprint density at radius 1 is 1.48 bits per heavy atom. The number of carboxylic acid groups (broad SMARTS) is 1. The standard InChI is InChI=1S/C10H14N2O7S2/c1-5-9(20-10(16)11-5)21(17,18)12-6(8(14)15)3-4-7(13)19-2/h6,12H,3-4H2,1-2H3,(H,11,16)(H,14,15)/t6-/m0/s1. The van der Waals surface area contributed by atoms with Gasteiger partial charge < -0.3 is 14.8 Å². The van der Waals surface area contributed by atoms with Gasteiger partial charge in [-0.25, -0.2) is 8.42 Å². The van der Waals surface area contributed by atoms with E-state index in [1.165, 1.54) is 6.92 Å². The third kappa shape index (κ3) is 4.65. The Morgan fingerprint density at radius 2 is 2.10 bits per heavy atom. The number of aryl methyl sites for hydroxylation is 1. The van der Waals surface area contributed by atoms with E-state index in [1.807, 2.05) is 4.72 Å². The topological polar surface area (TPSA) is 143 Å². The molecular formula is C10H14N2O7S2. The summed E-state index contributed by atoms with van der Waals surface area (Å²) in [6.45, 7) is 1.39. The average molecular weight is 338 g/mol. The van der Waals surface area contributed by atoms with Crippen LogP contribution < -0.4 is 9.60 Å². The van der Waals surface area contributed by atoms with Crippen LogP contribution in [-0.2, 0) is 24.3 Å². The maximum absolute atomic E-state index is 12.1. The Kier molecular flexibility index (Phi) is 5.63. The fraction of sp³-hybridized carbons (Fsp3) is 0.500. The van der Waals surface area contributed by atoms with Gasteiger partial charge in [0.2, 0.25) is 0 Å². The van der Waals surface area contributed by atoms with Gasteiger partial charge >= 0.3 is 16.8 Å². The number of thiazole rings is 1. The minimum absolute atomic E-state index is 0.120. The number of esters is 1. The molecule has 0 aliphatic rings. The van der Waals surface area contributed by atoms with Crippen molar-refractivity contribution in [1.29, 1.82) is 0 Å². The molecule has 118 valence electrons. The lowest BCUT2D eigenvalue weighted by Crippen LogP contribution is -2.41. The van der Waals surface area contributed by atoms with Gasteiger partial charge in [-0.3, -0.25) is 14.4 Å². The minimum Gasteiger partial charge on any atom is -0.480 e. The van der Waals surface area contributed by atoms with Crippen LogP contribution in [0.3, 0.4) is 0 Å². The second-order valence-corrected chi connectivity index (χ2v) is 6.95. The number of nitrogens with one attached hydrogen (secondary N) is 2. The highest BCUT2D eigenvalue weighted by Gasteiger charge is 2.28. The molecule has 0 radical (unpaired) electrons. The molecule has 3 N–H and O–H groups in total. The van der Waals surface area contributed by atoms with Crippen molar-refractivity contribution in [2.75, 3.05) is 7.11 Å². The van der Waals surface area contributed by atoms with E-state index >= 15 is 0 Å². The van der Waals surface area contributed by atoms with Crippen molar-refractivity contribution in [1.82, 2.24) is 9.71 Å². The Labute approximate surface area is 124 Å². The van der Waals surface area contributed by atoms with Crippen LogP contribution in [0.5, 0.6) is 0 Å². The van der Waals surface area contributed by atoms with Crippen LogP contribution in [0.1, 0.15) is 18.5 Å². The van der Waals surface area contributed by atoms with Crippen LogP contribution in [0, 0.1) is 6.92 Å². The highest BCUT2D eigenvalue weighted by molar-refractivity contribution is 7.91. The first kappa shape index (κ1) is 17.3. The normalized spacial score (nSPS) is 12.9. The maximum atomic E-state index is 12.1. The fourth-order valence-electron chi connectivity index (χ4n) is 1.48. The van der Waals surface area contributed by atoms with Gasteiger partial charge in [-0.1, -0.05) is 11.3 Å². The number of carboxylic acids is 1. The molecule has 11 heteroatoms. The van der Waals surface area contributed by atoms with E-state index in [0.29, 0.717) is 11.3 Å². The number of aromatic nitrogens is 1. The smallest absolute Gasteiger partial charge is 0.321 e. The van der Waals surface area contributed by atoms with Gasteiger partial charge in [0, 0.05) is 12.1 Å². The number of methoxy groups -OCH3 is 1. The van der Waals surface area contributed by atoms with E-state index in [4.69, 9.17) is 5.11 Å². The van der Waals surface area contributed by atoms with E-state index in [-0.39, 0.29) is 22.7 Å². The number of rotatable bonds is 7. The lowest BCUT2D eigenvalue weighted by molar-refractivity contribution is -0.142. The molecular weight excluding hydrogens is 324 g/mol. The summed E-state index contributed by atoms with van der Waals surface area (Å²) < 4.78 is 30.2. The monoisotopic (exact) mass is 338 g/mol. The van der Waals surface area contributed by atoms with Crippen molar-refractivity contribution in [2.45, 2.75) is 30.0 Å². The van der Waals surface area contributed by atoms with E-state index < -0.39 is 32.9 Å². The summed E-state index contributed by atoms with van der Waals surface area (Å²) in [6.07, 6.45) is -0.516. The third-order valence-corrected chi connectivity index (χ3v) is 5.56. The Hall–Kier alpha value is -1.72. The third-order valence-electron chi connectivity index (χ3n) is 2.49. The van der Waals surface area contributed by atoms with Crippen molar-refractivity contribution >= 4 is 33.3 Å².